The van der Waals surface area contributed by atoms with Crippen LogP contribution in [0, 0.1) is 0 Å². The molecular formula is C61H67ClFN5O8. The Morgan fingerprint density at radius 1 is 0.526 bits per heavy atom. The number of aromatic hydroxyl groups is 4. The Hall–Kier alpha value is -8.53. The Morgan fingerprint density at radius 2 is 0.895 bits per heavy atom. The topological polar surface area (TPSA) is 222 Å². The van der Waals surface area contributed by atoms with E-state index >= 15 is 0 Å². The number of oxime groups is 1. The van der Waals surface area contributed by atoms with E-state index in [0.717, 1.165) is 39.9 Å². The Kier molecular flexibility index (Phi) is 28.9. The largest absolute Gasteiger partial charge is 0.508 e. The van der Waals surface area contributed by atoms with Gasteiger partial charge in [0.25, 0.3) is 0 Å². The molecule has 76 heavy (non-hydrogen) atoms. The van der Waals surface area contributed by atoms with Gasteiger partial charge < -0.3 is 46.5 Å². The summed E-state index contributed by atoms with van der Waals surface area (Å²) in [5.41, 5.74) is 14.9. The van der Waals surface area contributed by atoms with Crippen LogP contribution in [-0.4, -0.2) is 65.4 Å². The summed E-state index contributed by atoms with van der Waals surface area (Å²) in [6.45, 7) is -0.616. The lowest BCUT2D eigenvalue weighted by Crippen LogP contribution is -2.39. The van der Waals surface area contributed by atoms with Crippen molar-refractivity contribution >= 4 is 29.9 Å². The molecule has 0 aliphatic carbocycles. The summed E-state index contributed by atoms with van der Waals surface area (Å²) >= 11 is 0. The lowest BCUT2D eigenvalue weighted by molar-refractivity contribution is 0.0993. The standard InChI is InChI=1S/C17H19FN2O2.C15H15NO2.C14H15NO.C14H12O2.CH5NO.ClH/c18-10-11-19-17(22)20-16(12-13-4-2-1-3-5-13)14-6-8-15(21)9-7-14;1-18-16-15(11-12-5-3-2-4-6-12)13-7-9-14(17)10-8-13;15-14(10-11-4-2-1-3-5-11)12-6-8-13(16)9-7-12;15-13-8-6-12(7-9-13)14(16)10-11-4-2-1-3-5-11;1-3-2;/h1-9,16,21H,10-12H2,(H2,19,20,22);2-10,17H,11H2,1H3;1-9,14,16H,10,15H2;1-9,15H,10H2;2H2,1H3;1H/b;16-15-;;;;. The monoisotopic (exact) mass is 1050 g/mol. The summed E-state index contributed by atoms with van der Waals surface area (Å²) in [6, 6.07) is 65.9. The van der Waals surface area contributed by atoms with E-state index in [-0.39, 0.29) is 59.8 Å². The van der Waals surface area contributed by atoms with E-state index in [1.165, 1.54) is 37.5 Å². The third-order valence-electron chi connectivity index (χ3n) is 10.9. The van der Waals surface area contributed by atoms with Crippen molar-refractivity contribution in [2.24, 2.45) is 16.8 Å². The maximum absolute atomic E-state index is 12.1. The van der Waals surface area contributed by atoms with Crippen LogP contribution in [0.25, 0.3) is 0 Å². The van der Waals surface area contributed by atoms with Crippen molar-refractivity contribution in [1.29, 1.82) is 0 Å². The molecule has 0 radical (unpaired) electrons. The fourth-order valence-corrected chi connectivity index (χ4v) is 7.16. The molecule has 13 nitrogen and oxygen atoms in total. The molecule has 10 N–H and O–H groups in total. The molecule has 0 aromatic heterocycles. The van der Waals surface area contributed by atoms with E-state index in [2.05, 4.69) is 38.7 Å². The van der Waals surface area contributed by atoms with Gasteiger partial charge in [-0.05, 0) is 125 Å². The highest BCUT2D eigenvalue weighted by Gasteiger charge is 2.16. The number of rotatable bonds is 16. The third-order valence-corrected chi connectivity index (χ3v) is 10.9. The highest BCUT2D eigenvalue weighted by atomic mass is 35.5. The van der Waals surface area contributed by atoms with Crippen molar-refractivity contribution in [1.82, 2.24) is 10.6 Å². The van der Waals surface area contributed by atoms with Crippen molar-refractivity contribution in [3.8, 4) is 23.0 Å². The number of carbonyl (C=O) groups is 2. The van der Waals surface area contributed by atoms with E-state index < -0.39 is 12.7 Å². The second-order valence-corrected chi connectivity index (χ2v) is 16.6. The molecule has 0 bridgehead atoms. The molecular weight excluding hydrogens is 985 g/mol. The molecule has 398 valence electrons. The van der Waals surface area contributed by atoms with Crippen molar-refractivity contribution in [3.05, 3.63) is 263 Å². The smallest absolute Gasteiger partial charge is 0.315 e. The van der Waals surface area contributed by atoms with Gasteiger partial charge in [-0.3, -0.25) is 4.79 Å². The molecule has 0 aliphatic heterocycles. The minimum absolute atomic E-state index is 0. The normalized spacial score (nSPS) is 11.0. The number of hydrogen-bond donors (Lipinski definition) is 8. The number of halogens is 2. The molecule has 0 saturated carbocycles. The molecule has 0 heterocycles. The minimum atomic E-state index is -0.601. The van der Waals surface area contributed by atoms with Crippen LogP contribution in [0.15, 0.2) is 224 Å². The van der Waals surface area contributed by atoms with Crippen molar-refractivity contribution in [3.63, 3.8) is 0 Å². The maximum Gasteiger partial charge on any atom is 0.315 e. The van der Waals surface area contributed by atoms with Gasteiger partial charge in [0.1, 0.15) is 36.8 Å². The van der Waals surface area contributed by atoms with Crippen LogP contribution in [-0.2, 0) is 35.4 Å². The van der Waals surface area contributed by atoms with Crippen LogP contribution in [0.1, 0.15) is 61.4 Å². The summed E-state index contributed by atoms with van der Waals surface area (Å²) in [5.74, 6) is 5.28. The van der Waals surface area contributed by atoms with E-state index in [1.807, 2.05) is 133 Å². The molecule has 0 spiro atoms. The SMILES string of the molecule is CO/N=C(/Cc1ccccc1)c1ccc(O)cc1.CON.Cl.NC(Cc1ccccc1)c1ccc(O)cc1.O=C(Cc1ccccc1)c1ccc(O)cc1.O=C(NCCF)NC(Cc1ccccc1)c1ccc(O)cc1. The van der Waals surface area contributed by atoms with Crippen LogP contribution in [0.2, 0.25) is 0 Å². The van der Waals surface area contributed by atoms with Gasteiger partial charge in [0.2, 0.25) is 0 Å². The number of nitrogens with two attached hydrogens (primary N) is 2. The van der Waals surface area contributed by atoms with E-state index in [0.29, 0.717) is 24.8 Å². The number of nitrogens with one attached hydrogen (secondary N) is 2. The number of phenolic OH excluding ortho intramolecular Hbond substituents is 4. The number of carbonyl (C=O) groups excluding carboxylic acids is 2. The molecule has 8 aromatic carbocycles. The summed E-state index contributed by atoms with van der Waals surface area (Å²) in [5, 5.41) is 46.3. The van der Waals surface area contributed by atoms with E-state index in [4.69, 9.17) is 15.7 Å². The molecule has 0 aliphatic rings. The Morgan fingerprint density at radius 3 is 1.32 bits per heavy atom. The van der Waals surface area contributed by atoms with E-state index in [9.17, 15) is 29.3 Å². The van der Waals surface area contributed by atoms with Gasteiger partial charge in [0, 0.05) is 31.0 Å². The maximum atomic E-state index is 12.1. The van der Waals surface area contributed by atoms with Crippen LogP contribution in [0.5, 0.6) is 23.0 Å². The number of Topliss-reactive ketones (excluding diaryl/α,β-unsaturated/α-hetero) is 1. The second-order valence-electron chi connectivity index (χ2n) is 16.6. The third kappa shape index (κ3) is 24.0. The molecule has 8 aromatic rings. The number of benzene rings is 8. The molecule has 2 amide bonds. The van der Waals surface area contributed by atoms with Crippen LogP contribution >= 0.6 is 12.4 Å². The zero-order chi connectivity index (χ0) is 54.0. The number of hydrogen-bond acceptors (Lipinski definition) is 11. The zero-order valence-electron chi connectivity index (χ0n) is 42.5. The summed E-state index contributed by atoms with van der Waals surface area (Å²) < 4.78 is 12.1. The fourth-order valence-electron chi connectivity index (χ4n) is 7.16. The summed E-state index contributed by atoms with van der Waals surface area (Å²) in [7, 11) is 2.94. The molecule has 0 saturated heterocycles. The minimum Gasteiger partial charge on any atom is -0.508 e. The number of nitrogens with zero attached hydrogens (tertiary/aromatic N) is 1. The molecule has 8 rings (SSSR count). The first-order valence-corrected chi connectivity index (χ1v) is 23.9. The predicted octanol–water partition coefficient (Wildman–Crippen LogP) is 11.3. The van der Waals surface area contributed by atoms with E-state index in [1.54, 1.807) is 60.7 Å². The van der Waals surface area contributed by atoms with Crippen molar-refractivity contribution in [2.45, 2.75) is 37.8 Å². The number of ketones is 1. The lowest BCUT2D eigenvalue weighted by atomic mass is 9.99. The van der Waals surface area contributed by atoms with Crippen LogP contribution in [0.3, 0.4) is 0 Å². The van der Waals surface area contributed by atoms with Crippen LogP contribution < -0.4 is 22.3 Å². The fraction of sp³-hybridized carbons (Fsp3) is 0.164. The number of alkyl halides is 1. The molecule has 2 atom stereocenters. The van der Waals surface area contributed by atoms with Gasteiger partial charge in [-0.2, -0.15) is 0 Å². The average Bonchev–Trinajstić information content (AvgIpc) is 3.43. The van der Waals surface area contributed by atoms with Gasteiger partial charge in [-0.1, -0.05) is 151 Å². The first-order chi connectivity index (χ1) is 36.4. The van der Waals surface area contributed by atoms with Gasteiger partial charge in [0.05, 0.1) is 18.9 Å². The quantitative estimate of drug-likeness (QED) is 0.0260. The first kappa shape index (κ1) is 61.8. The zero-order valence-corrected chi connectivity index (χ0v) is 43.3. The molecule has 2 unspecified atom stereocenters. The van der Waals surface area contributed by atoms with Crippen molar-refractivity contribution < 1.29 is 44.1 Å². The number of urea groups is 1. The Balaban J connectivity index is 0.000000263. The van der Waals surface area contributed by atoms with Gasteiger partial charge in [-0.15, -0.1) is 12.4 Å². The predicted molar refractivity (Wildman–Crippen MR) is 302 cm³/mol. The van der Waals surface area contributed by atoms with Gasteiger partial charge in [0.15, 0.2) is 5.78 Å². The summed E-state index contributed by atoms with van der Waals surface area (Å²) in [6.07, 6.45) is 2.51. The molecule has 0 fully saturated rings. The number of phenols is 4. The highest BCUT2D eigenvalue weighted by molar-refractivity contribution is 6.01. The van der Waals surface area contributed by atoms with Gasteiger partial charge in [-0.25, -0.2) is 15.1 Å². The van der Waals surface area contributed by atoms with Crippen LogP contribution in [0.4, 0.5) is 9.18 Å². The Labute approximate surface area is 450 Å². The Bertz CT molecular complexity index is 2840. The van der Waals surface area contributed by atoms with Gasteiger partial charge >= 0.3 is 6.03 Å². The second kappa shape index (κ2) is 35.6. The average molecular weight is 1050 g/mol. The first-order valence-electron chi connectivity index (χ1n) is 23.9. The molecule has 15 heteroatoms. The number of amides is 2. The van der Waals surface area contributed by atoms with Crippen molar-refractivity contribution in [2.75, 3.05) is 27.4 Å². The lowest BCUT2D eigenvalue weighted by Gasteiger charge is -2.20. The summed E-state index contributed by atoms with van der Waals surface area (Å²) in [4.78, 5) is 32.3. The highest BCUT2D eigenvalue weighted by Crippen LogP contribution is 2.22.